The number of benzene rings is 1. The van der Waals surface area contributed by atoms with Crippen LogP contribution in [0.3, 0.4) is 0 Å². The molecule has 29 heavy (non-hydrogen) atoms. The van der Waals surface area contributed by atoms with E-state index in [0.717, 1.165) is 35.6 Å². The van der Waals surface area contributed by atoms with E-state index in [0.29, 0.717) is 19.5 Å². The fourth-order valence-corrected chi connectivity index (χ4v) is 3.81. The molecule has 1 aromatic carbocycles. The van der Waals surface area contributed by atoms with Gasteiger partial charge in [-0.05, 0) is 55.5 Å². The third-order valence-electron chi connectivity index (χ3n) is 5.43. The van der Waals surface area contributed by atoms with Crippen LogP contribution in [0, 0.1) is 0 Å². The van der Waals surface area contributed by atoms with Crippen LogP contribution >= 0.6 is 0 Å². The molecular formula is C24H32N2O3. The Morgan fingerprint density at radius 2 is 1.86 bits per heavy atom. The standard InChI is InChI=1S/C24H32N2O3/c1-3-24(27)26(18-20-10-8-9-15-25-20)17-19-13-14-22(23(16-19)28-2)29-21-11-6-4-5-7-12-21/h8-10,13-16,21H,3-7,11-12,17-18H2,1-2H3. The zero-order valence-electron chi connectivity index (χ0n) is 17.6. The summed E-state index contributed by atoms with van der Waals surface area (Å²) < 4.78 is 11.9. The lowest BCUT2D eigenvalue weighted by atomic mass is 10.1. The van der Waals surface area contributed by atoms with E-state index >= 15 is 0 Å². The van der Waals surface area contributed by atoms with Crippen molar-refractivity contribution < 1.29 is 14.3 Å². The molecule has 1 aromatic heterocycles. The zero-order chi connectivity index (χ0) is 20.5. The van der Waals surface area contributed by atoms with Gasteiger partial charge in [-0.1, -0.05) is 31.9 Å². The van der Waals surface area contributed by atoms with Crippen molar-refractivity contribution in [3.63, 3.8) is 0 Å². The molecular weight excluding hydrogens is 364 g/mol. The van der Waals surface area contributed by atoms with E-state index in [-0.39, 0.29) is 12.0 Å². The second-order valence-electron chi connectivity index (χ2n) is 7.64. The van der Waals surface area contributed by atoms with Crippen LogP contribution in [0.15, 0.2) is 42.6 Å². The van der Waals surface area contributed by atoms with Gasteiger partial charge in [0.1, 0.15) is 0 Å². The van der Waals surface area contributed by atoms with Gasteiger partial charge in [0.15, 0.2) is 11.5 Å². The highest BCUT2D eigenvalue weighted by molar-refractivity contribution is 5.75. The fraction of sp³-hybridized carbons (Fsp3) is 0.500. The second-order valence-corrected chi connectivity index (χ2v) is 7.64. The summed E-state index contributed by atoms with van der Waals surface area (Å²) in [7, 11) is 1.67. The summed E-state index contributed by atoms with van der Waals surface area (Å²) in [5.41, 5.74) is 1.90. The monoisotopic (exact) mass is 396 g/mol. The van der Waals surface area contributed by atoms with Gasteiger partial charge in [-0.15, -0.1) is 0 Å². The number of ether oxygens (including phenoxy) is 2. The average Bonchev–Trinajstić information content (AvgIpc) is 3.03. The van der Waals surface area contributed by atoms with Crippen molar-refractivity contribution in [2.75, 3.05) is 7.11 Å². The summed E-state index contributed by atoms with van der Waals surface area (Å²) in [5, 5.41) is 0. The SMILES string of the molecule is CCC(=O)N(Cc1ccc(OC2CCCCCC2)c(OC)c1)Cc1ccccn1. The van der Waals surface area contributed by atoms with Crippen molar-refractivity contribution >= 4 is 5.91 Å². The summed E-state index contributed by atoms with van der Waals surface area (Å²) in [4.78, 5) is 18.7. The molecule has 1 fully saturated rings. The molecule has 5 nitrogen and oxygen atoms in total. The summed E-state index contributed by atoms with van der Waals surface area (Å²) in [6.07, 6.45) is 9.75. The van der Waals surface area contributed by atoms with E-state index in [1.54, 1.807) is 13.3 Å². The Kier molecular flexibility index (Phi) is 7.91. The minimum atomic E-state index is 0.105. The first kappa shape index (κ1) is 21.2. The van der Waals surface area contributed by atoms with Gasteiger partial charge in [-0.25, -0.2) is 0 Å². The molecule has 1 aliphatic carbocycles. The van der Waals surface area contributed by atoms with E-state index in [9.17, 15) is 4.79 Å². The molecule has 3 rings (SSSR count). The fourth-order valence-electron chi connectivity index (χ4n) is 3.81. The third-order valence-corrected chi connectivity index (χ3v) is 5.43. The van der Waals surface area contributed by atoms with Gasteiger partial charge in [-0.3, -0.25) is 9.78 Å². The highest BCUT2D eigenvalue weighted by Gasteiger charge is 2.18. The van der Waals surface area contributed by atoms with Gasteiger partial charge >= 0.3 is 0 Å². The molecule has 0 radical (unpaired) electrons. The number of rotatable bonds is 8. The minimum absolute atomic E-state index is 0.105. The summed E-state index contributed by atoms with van der Waals surface area (Å²) in [6.45, 7) is 2.90. The Bertz CT molecular complexity index is 771. The lowest BCUT2D eigenvalue weighted by Crippen LogP contribution is -2.29. The van der Waals surface area contributed by atoms with E-state index < -0.39 is 0 Å². The Balaban J connectivity index is 1.72. The third kappa shape index (κ3) is 6.21. The van der Waals surface area contributed by atoms with Crippen LogP contribution in [0.1, 0.15) is 63.1 Å². The molecule has 0 bridgehead atoms. The van der Waals surface area contributed by atoms with Crippen LogP contribution in [0.4, 0.5) is 0 Å². The van der Waals surface area contributed by atoms with Gasteiger partial charge in [0, 0.05) is 19.2 Å². The quantitative estimate of drug-likeness (QED) is 0.581. The number of hydrogen-bond donors (Lipinski definition) is 0. The largest absolute Gasteiger partial charge is 0.493 e. The summed E-state index contributed by atoms with van der Waals surface area (Å²) in [5.74, 6) is 1.63. The van der Waals surface area contributed by atoms with Gasteiger partial charge in [0.25, 0.3) is 0 Å². The Morgan fingerprint density at radius 1 is 1.07 bits per heavy atom. The smallest absolute Gasteiger partial charge is 0.222 e. The van der Waals surface area contributed by atoms with Crippen molar-refractivity contribution in [2.24, 2.45) is 0 Å². The number of aromatic nitrogens is 1. The molecule has 0 N–H and O–H groups in total. The molecule has 1 amide bonds. The van der Waals surface area contributed by atoms with E-state index in [1.807, 2.05) is 48.2 Å². The molecule has 0 aliphatic heterocycles. The molecule has 156 valence electrons. The first-order valence-electron chi connectivity index (χ1n) is 10.7. The maximum absolute atomic E-state index is 12.5. The van der Waals surface area contributed by atoms with Crippen LogP contribution in [-0.4, -0.2) is 29.0 Å². The van der Waals surface area contributed by atoms with Crippen molar-refractivity contribution in [1.29, 1.82) is 0 Å². The molecule has 2 aromatic rings. The van der Waals surface area contributed by atoms with Crippen molar-refractivity contribution in [2.45, 2.75) is 71.1 Å². The van der Waals surface area contributed by atoms with Crippen LogP contribution in [0.25, 0.3) is 0 Å². The lowest BCUT2D eigenvalue weighted by molar-refractivity contribution is -0.132. The van der Waals surface area contributed by atoms with Crippen molar-refractivity contribution in [3.05, 3.63) is 53.9 Å². The molecule has 0 spiro atoms. The number of nitrogens with zero attached hydrogens (tertiary/aromatic N) is 2. The molecule has 0 atom stereocenters. The molecule has 1 aliphatic rings. The first-order chi connectivity index (χ1) is 14.2. The normalized spacial score (nSPS) is 14.8. The lowest BCUT2D eigenvalue weighted by Gasteiger charge is -2.23. The topological polar surface area (TPSA) is 51.7 Å². The Labute approximate surface area is 174 Å². The minimum Gasteiger partial charge on any atom is -0.493 e. The van der Waals surface area contributed by atoms with E-state index in [2.05, 4.69) is 4.98 Å². The van der Waals surface area contributed by atoms with E-state index in [4.69, 9.17) is 9.47 Å². The predicted molar refractivity (Wildman–Crippen MR) is 114 cm³/mol. The Morgan fingerprint density at radius 3 is 2.52 bits per heavy atom. The maximum atomic E-state index is 12.5. The van der Waals surface area contributed by atoms with E-state index in [1.165, 1.54) is 25.7 Å². The highest BCUT2D eigenvalue weighted by atomic mass is 16.5. The molecule has 0 unspecified atom stereocenters. The summed E-state index contributed by atoms with van der Waals surface area (Å²) >= 11 is 0. The van der Waals surface area contributed by atoms with Crippen LogP contribution in [-0.2, 0) is 17.9 Å². The van der Waals surface area contributed by atoms with Crippen molar-refractivity contribution in [3.8, 4) is 11.5 Å². The number of carbonyl (C=O) groups excluding carboxylic acids is 1. The van der Waals surface area contributed by atoms with Crippen molar-refractivity contribution in [1.82, 2.24) is 9.88 Å². The number of amides is 1. The van der Waals surface area contributed by atoms with Gasteiger partial charge in [0.05, 0.1) is 25.5 Å². The molecule has 1 heterocycles. The van der Waals surface area contributed by atoms with Gasteiger partial charge in [-0.2, -0.15) is 0 Å². The van der Waals surface area contributed by atoms with Gasteiger partial charge < -0.3 is 14.4 Å². The second kappa shape index (κ2) is 10.8. The molecule has 5 heteroatoms. The zero-order valence-corrected chi connectivity index (χ0v) is 17.6. The number of methoxy groups -OCH3 is 1. The molecule has 0 saturated heterocycles. The number of hydrogen-bond acceptors (Lipinski definition) is 4. The number of carbonyl (C=O) groups is 1. The number of pyridine rings is 1. The summed E-state index contributed by atoms with van der Waals surface area (Å²) in [6, 6.07) is 11.8. The van der Waals surface area contributed by atoms with Crippen LogP contribution < -0.4 is 9.47 Å². The predicted octanol–water partition coefficient (Wildman–Crippen LogP) is 5.13. The van der Waals surface area contributed by atoms with Gasteiger partial charge in [0.2, 0.25) is 5.91 Å². The maximum Gasteiger partial charge on any atom is 0.222 e. The average molecular weight is 397 g/mol. The first-order valence-corrected chi connectivity index (χ1v) is 10.7. The van der Waals surface area contributed by atoms with Crippen LogP contribution in [0.2, 0.25) is 0 Å². The molecule has 1 saturated carbocycles. The Hall–Kier alpha value is -2.56. The highest BCUT2D eigenvalue weighted by Crippen LogP contribution is 2.32. The van der Waals surface area contributed by atoms with Crippen LogP contribution in [0.5, 0.6) is 11.5 Å².